The highest BCUT2D eigenvalue weighted by molar-refractivity contribution is 6.31. The van der Waals surface area contributed by atoms with Crippen LogP contribution in [0, 0.1) is 0 Å². The molecule has 1 aliphatic carbocycles. The number of hydrogen-bond acceptors (Lipinski definition) is 4. The summed E-state index contributed by atoms with van der Waals surface area (Å²) in [6, 6.07) is 19.1. The molecule has 0 radical (unpaired) electrons. The lowest BCUT2D eigenvalue weighted by Gasteiger charge is -2.14. The van der Waals surface area contributed by atoms with Crippen LogP contribution < -0.4 is 11.1 Å². The number of carboxylic acid groups (broad SMARTS) is 1. The summed E-state index contributed by atoms with van der Waals surface area (Å²) >= 11 is 5.96. The van der Waals surface area contributed by atoms with Crippen molar-refractivity contribution in [2.75, 3.05) is 18.9 Å². The third-order valence-electron chi connectivity index (χ3n) is 5.41. The number of hydrogen-bond donors (Lipinski definition) is 3. The molecule has 0 heterocycles. The van der Waals surface area contributed by atoms with E-state index in [1.54, 1.807) is 18.2 Å². The van der Waals surface area contributed by atoms with E-state index in [2.05, 4.69) is 29.6 Å². The van der Waals surface area contributed by atoms with Crippen molar-refractivity contribution in [2.24, 2.45) is 0 Å². The Kier molecular flexibility index (Phi) is 6.14. The number of nitrogen functional groups attached to an aromatic ring is 1. The molecule has 0 fully saturated rings. The van der Waals surface area contributed by atoms with Crippen LogP contribution in [0.1, 0.15) is 33.0 Å². The summed E-state index contributed by atoms with van der Waals surface area (Å²) in [6.07, 6.45) is 2.72. The Morgan fingerprint density at radius 2 is 1.69 bits per heavy atom. The van der Waals surface area contributed by atoms with Gasteiger partial charge in [-0.15, -0.1) is 0 Å². The van der Waals surface area contributed by atoms with Crippen molar-refractivity contribution in [3.05, 3.63) is 94.0 Å². The molecule has 6 nitrogen and oxygen atoms in total. The maximum Gasteiger partial charge on any atom is 0.407 e. The van der Waals surface area contributed by atoms with Gasteiger partial charge in [-0.25, -0.2) is 9.59 Å². The average molecular weight is 449 g/mol. The SMILES string of the molecule is Nc1c(C=CCNC(=O)OCC2c3ccccc3-c3ccccc32)cc(Cl)cc1C(=O)O. The third-order valence-corrected chi connectivity index (χ3v) is 5.63. The zero-order valence-corrected chi connectivity index (χ0v) is 17.8. The van der Waals surface area contributed by atoms with Gasteiger partial charge in [-0.3, -0.25) is 0 Å². The second-order valence-electron chi connectivity index (χ2n) is 7.37. The van der Waals surface area contributed by atoms with E-state index in [-0.39, 0.29) is 35.3 Å². The minimum absolute atomic E-state index is 0.00982. The predicted molar refractivity (Wildman–Crippen MR) is 125 cm³/mol. The second kappa shape index (κ2) is 9.16. The fraction of sp³-hybridized carbons (Fsp3) is 0.120. The van der Waals surface area contributed by atoms with E-state index in [1.807, 2.05) is 24.3 Å². The Morgan fingerprint density at radius 1 is 1.06 bits per heavy atom. The van der Waals surface area contributed by atoms with Crippen LogP contribution >= 0.6 is 11.6 Å². The zero-order valence-electron chi connectivity index (χ0n) is 17.0. The standard InChI is InChI=1S/C25H21ClN2O4/c26-16-12-15(23(27)21(13-16)24(29)30)6-5-11-28-25(31)32-14-22-19-9-3-1-7-17(19)18-8-2-4-10-20(18)22/h1-10,12-13,22H,11,14,27H2,(H,28,31)(H,29,30). The van der Waals surface area contributed by atoms with E-state index < -0.39 is 12.1 Å². The Labute approximate surface area is 190 Å². The van der Waals surface area contributed by atoms with E-state index >= 15 is 0 Å². The number of rotatable bonds is 6. The monoisotopic (exact) mass is 448 g/mol. The lowest BCUT2D eigenvalue weighted by Crippen LogP contribution is -2.26. The van der Waals surface area contributed by atoms with Crippen LogP contribution in [0.5, 0.6) is 0 Å². The summed E-state index contributed by atoms with van der Waals surface area (Å²) in [4.78, 5) is 23.5. The van der Waals surface area contributed by atoms with Gasteiger partial charge in [-0.05, 0) is 39.9 Å². The van der Waals surface area contributed by atoms with Crippen LogP contribution in [0.15, 0.2) is 66.7 Å². The fourth-order valence-corrected chi connectivity index (χ4v) is 4.16. The summed E-state index contributed by atoms with van der Waals surface area (Å²) in [5.41, 5.74) is 11.0. The maximum atomic E-state index is 12.2. The van der Waals surface area contributed by atoms with Crippen molar-refractivity contribution < 1.29 is 19.4 Å². The number of nitrogens with two attached hydrogens (primary N) is 1. The number of carboxylic acids is 1. The largest absolute Gasteiger partial charge is 0.478 e. The van der Waals surface area contributed by atoms with Gasteiger partial charge in [-0.2, -0.15) is 0 Å². The molecule has 0 spiro atoms. The molecule has 4 rings (SSSR count). The van der Waals surface area contributed by atoms with Gasteiger partial charge in [0.05, 0.1) is 11.3 Å². The molecule has 162 valence electrons. The number of carbonyl (C=O) groups excluding carboxylic acids is 1. The van der Waals surface area contributed by atoms with Crippen LogP contribution in [-0.2, 0) is 4.74 Å². The number of nitrogens with one attached hydrogen (secondary N) is 1. The molecule has 0 unspecified atom stereocenters. The summed E-state index contributed by atoms with van der Waals surface area (Å²) in [7, 11) is 0. The molecule has 0 saturated heterocycles. The number of anilines is 1. The molecular weight excluding hydrogens is 428 g/mol. The molecule has 32 heavy (non-hydrogen) atoms. The lowest BCUT2D eigenvalue weighted by atomic mass is 9.98. The smallest absolute Gasteiger partial charge is 0.407 e. The van der Waals surface area contributed by atoms with Gasteiger partial charge in [0.25, 0.3) is 0 Å². The van der Waals surface area contributed by atoms with E-state index in [9.17, 15) is 14.7 Å². The second-order valence-corrected chi connectivity index (χ2v) is 7.81. The van der Waals surface area contributed by atoms with Gasteiger partial charge in [0, 0.05) is 17.5 Å². The first-order valence-corrected chi connectivity index (χ1v) is 10.4. The van der Waals surface area contributed by atoms with Crippen molar-refractivity contribution in [3.8, 4) is 11.1 Å². The zero-order chi connectivity index (χ0) is 22.7. The maximum absolute atomic E-state index is 12.2. The first-order chi connectivity index (χ1) is 15.5. The molecule has 1 aliphatic rings. The number of fused-ring (bicyclic) bond motifs is 3. The summed E-state index contributed by atoms with van der Waals surface area (Å²) in [5, 5.41) is 12.1. The minimum atomic E-state index is -1.16. The van der Waals surface area contributed by atoms with Crippen molar-refractivity contribution in [1.29, 1.82) is 0 Å². The molecule has 0 aliphatic heterocycles. The number of ether oxygens (including phenoxy) is 1. The number of aromatic carboxylic acids is 1. The molecule has 0 aromatic heterocycles. The molecule has 4 N–H and O–H groups in total. The van der Waals surface area contributed by atoms with Crippen LogP contribution in [-0.4, -0.2) is 30.3 Å². The van der Waals surface area contributed by atoms with E-state index in [4.69, 9.17) is 22.1 Å². The summed E-state index contributed by atoms with van der Waals surface area (Å²) < 4.78 is 5.48. The number of benzene rings is 3. The van der Waals surface area contributed by atoms with Crippen molar-refractivity contribution >= 4 is 35.4 Å². The molecule has 0 atom stereocenters. The highest BCUT2D eigenvalue weighted by Gasteiger charge is 2.28. The first-order valence-electron chi connectivity index (χ1n) is 10.0. The third kappa shape index (κ3) is 4.31. The van der Waals surface area contributed by atoms with E-state index in [1.165, 1.54) is 17.2 Å². The van der Waals surface area contributed by atoms with Crippen molar-refractivity contribution in [2.45, 2.75) is 5.92 Å². The molecule has 1 amide bonds. The molecule has 3 aromatic rings. The molecule has 0 bridgehead atoms. The Balaban J connectivity index is 1.36. The number of carbonyl (C=O) groups is 2. The van der Waals surface area contributed by atoms with Crippen LogP contribution in [0.4, 0.5) is 10.5 Å². The van der Waals surface area contributed by atoms with Gasteiger partial charge >= 0.3 is 12.1 Å². The topological polar surface area (TPSA) is 102 Å². The number of halogens is 1. The average Bonchev–Trinajstić information content (AvgIpc) is 3.11. The van der Waals surface area contributed by atoms with Crippen molar-refractivity contribution in [1.82, 2.24) is 5.32 Å². The number of amides is 1. The van der Waals surface area contributed by atoms with E-state index in [0.29, 0.717) is 5.56 Å². The van der Waals surface area contributed by atoms with E-state index in [0.717, 1.165) is 11.1 Å². The van der Waals surface area contributed by atoms with Crippen LogP contribution in [0.2, 0.25) is 5.02 Å². The minimum Gasteiger partial charge on any atom is -0.478 e. The predicted octanol–water partition coefficient (Wildman–Crippen LogP) is 5.17. The highest BCUT2D eigenvalue weighted by Crippen LogP contribution is 2.44. The van der Waals surface area contributed by atoms with Gasteiger partial charge in [0.15, 0.2) is 0 Å². The Bertz CT molecular complexity index is 1180. The van der Waals surface area contributed by atoms with Gasteiger partial charge < -0.3 is 20.9 Å². The fourth-order valence-electron chi connectivity index (χ4n) is 3.93. The van der Waals surface area contributed by atoms with Crippen molar-refractivity contribution in [3.63, 3.8) is 0 Å². The highest BCUT2D eigenvalue weighted by atomic mass is 35.5. The quantitative estimate of drug-likeness (QED) is 0.451. The molecular formula is C25H21ClN2O4. The van der Waals surface area contributed by atoms with Gasteiger partial charge in [0.2, 0.25) is 0 Å². The van der Waals surface area contributed by atoms with Gasteiger partial charge in [0.1, 0.15) is 6.61 Å². The van der Waals surface area contributed by atoms with Crippen LogP contribution in [0.25, 0.3) is 17.2 Å². The van der Waals surface area contributed by atoms with Gasteiger partial charge in [-0.1, -0.05) is 72.3 Å². The molecule has 7 heteroatoms. The number of alkyl carbamates (subject to hydrolysis) is 1. The van der Waals surface area contributed by atoms with Crippen LogP contribution in [0.3, 0.4) is 0 Å². The molecule has 0 saturated carbocycles. The lowest BCUT2D eigenvalue weighted by molar-refractivity contribution is 0.0698. The summed E-state index contributed by atoms with van der Waals surface area (Å²) in [5.74, 6) is -1.17. The first kappa shape index (κ1) is 21.5. The summed E-state index contributed by atoms with van der Waals surface area (Å²) in [6.45, 7) is 0.415. The Morgan fingerprint density at radius 3 is 2.31 bits per heavy atom. The Hall–Kier alpha value is -3.77. The molecule has 3 aromatic carbocycles. The normalized spacial score (nSPS) is 12.4.